The topological polar surface area (TPSA) is 88.7 Å². The third-order valence-electron chi connectivity index (χ3n) is 5.88. The largest absolute Gasteiger partial charge is 0.428 e. The van der Waals surface area contributed by atoms with Gasteiger partial charge in [-0.3, -0.25) is 19.9 Å². The van der Waals surface area contributed by atoms with Crippen LogP contribution in [0.3, 0.4) is 0 Å². The summed E-state index contributed by atoms with van der Waals surface area (Å²) >= 11 is 12.0. The molecule has 0 saturated carbocycles. The van der Waals surface area contributed by atoms with Crippen LogP contribution >= 0.6 is 23.2 Å². The molecule has 3 aromatic carbocycles. The van der Waals surface area contributed by atoms with Gasteiger partial charge in [0, 0.05) is 40.4 Å². The van der Waals surface area contributed by atoms with Crippen molar-refractivity contribution in [1.82, 2.24) is 16.1 Å². The van der Waals surface area contributed by atoms with Gasteiger partial charge in [0.15, 0.2) is 0 Å². The molecule has 200 valence electrons. The number of nitrogens with one attached hydrogen (secondary N) is 3. The predicted molar refractivity (Wildman–Crippen MR) is 138 cm³/mol. The van der Waals surface area contributed by atoms with Crippen LogP contribution in [-0.4, -0.2) is 44.8 Å². The number of ether oxygens (including phenoxy) is 1. The Hall–Kier alpha value is -3.31. The van der Waals surface area contributed by atoms with E-state index in [0.717, 1.165) is 18.2 Å². The molecule has 4 rings (SSSR count). The van der Waals surface area contributed by atoms with E-state index in [1.165, 1.54) is 25.3 Å². The number of rotatable bonds is 8. The summed E-state index contributed by atoms with van der Waals surface area (Å²) in [6.45, 7) is 0.378. The number of carbonyl (C=O) groups is 2. The number of hydrogen-bond donors (Lipinski definition) is 3. The van der Waals surface area contributed by atoms with Crippen molar-refractivity contribution >= 4 is 51.5 Å². The third-order valence-corrected chi connectivity index (χ3v) is 6.32. The summed E-state index contributed by atoms with van der Waals surface area (Å²) in [4.78, 5) is 30.0. The zero-order valence-corrected chi connectivity index (χ0v) is 21.4. The summed E-state index contributed by atoms with van der Waals surface area (Å²) in [5, 5.41) is 6.16. The van der Waals surface area contributed by atoms with E-state index in [1.807, 2.05) is 0 Å². The van der Waals surface area contributed by atoms with Crippen LogP contribution in [0.2, 0.25) is 10.0 Å². The Balaban J connectivity index is 1.69. The van der Waals surface area contributed by atoms with Crippen molar-refractivity contribution in [2.75, 3.05) is 26.8 Å². The maximum Gasteiger partial charge on any atom is 0.428 e. The van der Waals surface area contributed by atoms with E-state index in [4.69, 9.17) is 32.8 Å². The molecule has 12 heteroatoms. The molecule has 3 N–H and O–H groups in total. The van der Waals surface area contributed by atoms with E-state index in [0.29, 0.717) is 29.5 Å². The van der Waals surface area contributed by atoms with E-state index in [9.17, 15) is 22.8 Å². The van der Waals surface area contributed by atoms with Gasteiger partial charge in [-0.25, -0.2) is 0 Å². The molecule has 0 saturated heterocycles. The van der Waals surface area contributed by atoms with Crippen LogP contribution in [0.1, 0.15) is 21.5 Å². The minimum atomic E-state index is -4.87. The van der Waals surface area contributed by atoms with Gasteiger partial charge >= 0.3 is 6.18 Å². The van der Waals surface area contributed by atoms with Gasteiger partial charge in [-0.1, -0.05) is 53.5 Å². The Morgan fingerprint density at radius 1 is 1.03 bits per heavy atom. The van der Waals surface area contributed by atoms with Crippen LogP contribution in [0.15, 0.2) is 60.7 Å². The van der Waals surface area contributed by atoms with Crippen molar-refractivity contribution in [2.45, 2.75) is 11.8 Å². The van der Waals surface area contributed by atoms with Crippen LogP contribution in [0.5, 0.6) is 0 Å². The van der Waals surface area contributed by atoms with Crippen molar-refractivity contribution in [3.05, 3.63) is 87.4 Å². The molecule has 1 unspecified atom stereocenters. The average Bonchev–Trinajstić information content (AvgIpc) is 3.33. The monoisotopic (exact) mass is 567 g/mol. The lowest BCUT2D eigenvalue weighted by atomic mass is 9.90. The molecule has 1 aliphatic rings. The van der Waals surface area contributed by atoms with Crippen LogP contribution in [0, 0.1) is 0 Å². The fraction of sp³-hybridized carbons (Fsp3) is 0.231. The second kappa shape index (κ2) is 11.2. The molecule has 0 aliphatic carbocycles. The van der Waals surface area contributed by atoms with E-state index in [1.54, 1.807) is 24.3 Å². The highest BCUT2D eigenvalue weighted by Gasteiger charge is 2.59. The third kappa shape index (κ3) is 5.58. The second-order valence-corrected chi connectivity index (χ2v) is 9.26. The lowest BCUT2D eigenvalue weighted by Crippen LogP contribution is -2.42. The molecule has 1 heterocycles. The van der Waals surface area contributed by atoms with Crippen LogP contribution in [-0.2, 0) is 20.0 Å². The number of carbonyl (C=O) groups excluding carboxylic acids is 2. The fourth-order valence-electron chi connectivity index (χ4n) is 4.09. The highest BCUT2D eigenvalue weighted by Crippen LogP contribution is 2.48. The smallest absolute Gasteiger partial charge is 0.383 e. The number of alkyl halides is 3. The number of fused-ring (bicyclic) bond motifs is 1. The quantitative estimate of drug-likeness (QED) is 0.334. The minimum absolute atomic E-state index is 0.0229. The van der Waals surface area contributed by atoms with Crippen molar-refractivity contribution in [3.63, 3.8) is 0 Å². The van der Waals surface area contributed by atoms with Crippen LogP contribution < -0.4 is 16.1 Å². The van der Waals surface area contributed by atoms with Crippen molar-refractivity contribution < 1.29 is 32.3 Å². The van der Waals surface area contributed by atoms with Gasteiger partial charge in [0.25, 0.3) is 5.91 Å². The lowest BCUT2D eigenvalue weighted by Gasteiger charge is -2.28. The molecule has 1 atom stereocenters. The zero-order chi connectivity index (χ0) is 27.5. The van der Waals surface area contributed by atoms with E-state index in [-0.39, 0.29) is 33.4 Å². The standard InChI is InChI=1S/C26H22Cl2F3N3O4/c1-37-9-8-32-23(35)14-33-24(36)21-7-6-20(18-4-2-3-5-19(18)21)22-13-25(38-34-22,26(29,30)31)15-10-16(27)12-17(28)11-15/h2-7,10-13,34H,8-9,14H2,1H3,(H,32,35)(H,33,36). The predicted octanol–water partition coefficient (Wildman–Crippen LogP) is 4.97. The van der Waals surface area contributed by atoms with E-state index < -0.39 is 23.6 Å². The normalized spacial score (nSPS) is 17.2. The van der Waals surface area contributed by atoms with Crippen molar-refractivity contribution in [1.29, 1.82) is 0 Å². The second-order valence-electron chi connectivity index (χ2n) is 8.39. The number of methoxy groups -OCH3 is 1. The van der Waals surface area contributed by atoms with Gasteiger partial charge in [-0.2, -0.15) is 13.2 Å². The van der Waals surface area contributed by atoms with Gasteiger partial charge < -0.3 is 15.4 Å². The molecule has 0 aromatic heterocycles. The molecular weight excluding hydrogens is 546 g/mol. The van der Waals surface area contributed by atoms with Gasteiger partial charge in [0.1, 0.15) is 0 Å². The Morgan fingerprint density at radius 2 is 1.71 bits per heavy atom. The van der Waals surface area contributed by atoms with Crippen molar-refractivity contribution in [2.24, 2.45) is 0 Å². The molecule has 38 heavy (non-hydrogen) atoms. The maximum atomic E-state index is 14.4. The molecule has 1 aliphatic heterocycles. The summed E-state index contributed by atoms with van der Waals surface area (Å²) in [6, 6.07) is 13.3. The SMILES string of the molecule is COCCNC(=O)CNC(=O)c1ccc(C2=CC(c3cc(Cl)cc(Cl)c3)(C(F)(F)F)ON2)c2ccccc12. The summed E-state index contributed by atoms with van der Waals surface area (Å²) < 4.78 is 48.1. The summed E-state index contributed by atoms with van der Waals surface area (Å²) in [7, 11) is 1.50. The summed E-state index contributed by atoms with van der Waals surface area (Å²) in [5.41, 5.74) is -0.0923. The molecule has 7 nitrogen and oxygen atoms in total. The number of amides is 2. The molecule has 2 amide bonds. The number of hydrogen-bond acceptors (Lipinski definition) is 5. The molecule has 0 radical (unpaired) electrons. The maximum absolute atomic E-state index is 14.4. The Kier molecular flexibility index (Phi) is 8.17. The highest BCUT2D eigenvalue weighted by molar-refractivity contribution is 6.34. The van der Waals surface area contributed by atoms with Crippen LogP contribution in [0.25, 0.3) is 16.5 Å². The first-order valence-corrected chi connectivity index (χ1v) is 12.1. The Morgan fingerprint density at radius 3 is 2.37 bits per heavy atom. The Labute approximate surface area is 225 Å². The molecule has 3 aromatic rings. The van der Waals surface area contributed by atoms with Gasteiger partial charge in [0.2, 0.25) is 11.5 Å². The van der Waals surface area contributed by atoms with Gasteiger partial charge in [-0.05, 0) is 41.1 Å². The molecule has 0 fully saturated rings. The average molecular weight is 568 g/mol. The number of benzene rings is 3. The number of hydroxylamine groups is 1. The lowest BCUT2D eigenvalue weighted by molar-refractivity contribution is -0.269. The first kappa shape index (κ1) is 27.7. The first-order valence-electron chi connectivity index (χ1n) is 11.3. The molecule has 0 spiro atoms. The highest BCUT2D eigenvalue weighted by atomic mass is 35.5. The van der Waals surface area contributed by atoms with E-state index in [2.05, 4.69) is 16.1 Å². The van der Waals surface area contributed by atoms with Gasteiger partial charge in [0.05, 0.1) is 18.8 Å². The minimum Gasteiger partial charge on any atom is -0.383 e. The Bertz CT molecular complexity index is 1390. The number of halogens is 5. The van der Waals surface area contributed by atoms with Crippen LogP contribution in [0.4, 0.5) is 13.2 Å². The summed E-state index contributed by atoms with van der Waals surface area (Å²) in [6.07, 6.45) is -3.95. The summed E-state index contributed by atoms with van der Waals surface area (Å²) in [5.74, 6) is -0.907. The fourth-order valence-corrected chi connectivity index (χ4v) is 4.61. The zero-order valence-electron chi connectivity index (χ0n) is 19.9. The van der Waals surface area contributed by atoms with E-state index >= 15 is 0 Å². The first-order chi connectivity index (χ1) is 18.1. The molecule has 0 bridgehead atoms. The van der Waals surface area contributed by atoms with Gasteiger partial charge in [-0.15, -0.1) is 0 Å². The molecular formula is C26H22Cl2F3N3O4. The van der Waals surface area contributed by atoms with Crippen molar-refractivity contribution in [3.8, 4) is 0 Å².